The second kappa shape index (κ2) is 7.48. The summed E-state index contributed by atoms with van der Waals surface area (Å²) in [5.41, 5.74) is 4.41. The minimum absolute atomic E-state index is 0.181. The van der Waals surface area contributed by atoms with Crippen LogP contribution < -0.4 is 10.6 Å². The van der Waals surface area contributed by atoms with E-state index in [0.717, 1.165) is 24.1 Å². The molecule has 0 atom stereocenters. The third kappa shape index (κ3) is 4.95. The zero-order valence-electron chi connectivity index (χ0n) is 12.6. The predicted molar refractivity (Wildman–Crippen MR) is 87.5 cm³/mol. The van der Waals surface area contributed by atoms with Gasteiger partial charge >= 0.3 is 6.03 Å². The second-order valence-electron chi connectivity index (χ2n) is 5.24. The molecule has 0 aliphatic carbocycles. The fraction of sp³-hybridized carbons (Fsp3) is 0.278. The van der Waals surface area contributed by atoms with Gasteiger partial charge in [-0.05, 0) is 36.6 Å². The largest absolute Gasteiger partial charge is 0.334 e. The first kappa shape index (κ1) is 15.1. The van der Waals surface area contributed by atoms with Crippen molar-refractivity contribution in [1.82, 2.24) is 5.32 Å². The first-order valence-electron chi connectivity index (χ1n) is 7.36. The van der Waals surface area contributed by atoms with Crippen LogP contribution in [0.4, 0.5) is 10.5 Å². The second-order valence-corrected chi connectivity index (χ2v) is 5.24. The maximum atomic E-state index is 11.9. The number of hydrogen-bond donors (Lipinski definition) is 2. The van der Waals surface area contributed by atoms with Crippen LogP contribution in [0.15, 0.2) is 48.5 Å². The summed E-state index contributed by atoms with van der Waals surface area (Å²) in [6.45, 7) is 4.73. The molecule has 0 unspecified atom stereocenters. The van der Waals surface area contributed by atoms with Gasteiger partial charge in [-0.3, -0.25) is 0 Å². The number of hydrogen-bond acceptors (Lipinski definition) is 1. The van der Waals surface area contributed by atoms with Crippen LogP contribution >= 0.6 is 0 Å². The lowest BCUT2D eigenvalue weighted by atomic mass is 10.1. The molecule has 0 saturated carbocycles. The van der Waals surface area contributed by atoms with Crippen LogP contribution in [0.1, 0.15) is 30.0 Å². The summed E-state index contributed by atoms with van der Waals surface area (Å²) in [5.74, 6) is 0. The SMILES string of the molecule is CCCc1ccc(NC(=O)NCc2cccc(C)c2)cc1. The van der Waals surface area contributed by atoms with Crippen LogP contribution in [-0.2, 0) is 13.0 Å². The Morgan fingerprint density at radius 1 is 1.05 bits per heavy atom. The number of rotatable bonds is 5. The number of carbonyl (C=O) groups is 1. The van der Waals surface area contributed by atoms with Crippen LogP contribution in [0.3, 0.4) is 0 Å². The molecule has 21 heavy (non-hydrogen) atoms. The fourth-order valence-electron chi connectivity index (χ4n) is 2.22. The molecular formula is C18H22N2O. The van der Waals surface area contributed by atoms with E-state index in [1.165, 1.54) is 11.1 Å². The summed E-state index contributed by atoms with van der Waals surface area (Å²) < 4.78 is 0. The van der Waals surface area contributed by atoms with Crippen molar-refractivity contribution in [2.24, 2.45) is 0 Å². The Labute approximate surface area is 126 Å². The van der Waals surface area contributed by atoms with Gasteiger partial charge in [0.25, 0.3) is 0 Å². The number of carbonyl (C=O) groups excluding carboxylic acids is 1. The molecule has 2 N–H and O–H groups in total. The Bertz CT molecular complexity index is 590. The highest BCUT2D eigenvalue weighted by Gasteiger charge is 2.02. The maximum Gasteiger partial charge on any atom is 0.319 e. The van der Waals surface area contributed by atoms with Gasteiger partial charge in [-0.1, -0.05) is 55.3 Å². The smallest absolute Gasteiger partial charge is 0.319 e. The highest BCUT2D eigenvalue weighted by molar-refractivity contribution is 5.89. The van der Waals surface area contributed by atoms with Crippen LogP contribution in [0.25, 0.3) is 0 Å². The molecule has 0 saturated heterocycles. The minimum atomic E-state index is -0.181. The normalized spacial score (nSPS) is 10.2. The molecule has 0 bridgehead atoms. The highest BCUT2D eigenvalue weighted by atomic mass is 16.2. The molecule has 2 aromatic rings. The Balaban J connectivity index is 1.84. The van der Waals surface area contributed by atoms with E-state index < -0.39 is 0 Å². The number of anilines is 1. The van der Waals surface area contributed by atoms with E-state index in [1.54, 1.807) is 0 Å². The van der Waals surface area contributed by atoms with Crippen molar-refractivity contribution in [1.29, 1.82) is 0 Å². The quantitative estimate of drug-likeness (QED) is 0.845. The van der Waals surface area contributed by atoms with Crippen molar-refractivity contribution in [3.05, 3.63) is 65.2 Å². The first-order chi connectivity index (χ1) is 10.2. The predicted octanol–water partition coefficient (Wildman–Crippen LogP) is 4.27. The van der Waals surface area contributed by atoms with E-state index in [1.807, 2.05) is 37.3 Å². The maximum absolute atomic E-state index is 11.9. The Morgan fingerprint density at radius 2 is 1.81 bits per heavy atom. The number of nitrogens with one attached hydrogen (secondary N) is 2. The monoisotopic (exact) mass is 282 g/mol. The molecule has 110 valence electrons. The van der Waals surface area contributed by atoms with Gasteiger partial charge in [0.05, 0.1) is 0 Å². The third-order valence-electron chi connectivity index (χ3n) is 3.29. The summed E-state index contributed by atoms with van der Waals surface area (Å²) in [6.07, 6.45) is 2.20. The molecule has 0 fully saturated rings. The van der Waals surface area contributed by atoms with Crippen LogP contribution in [0.2, 0.25) is 0 Å². The van der Waals surface area contributed by atoms with E-state index in [2.05, 4.69) is 35.8 Å². The van der Waals surface area contributed by atoms with E-state index in [9.17, 15) is 4.79 Å². The van der Waals surface area contributed by atoms with Gasteiger partial charge in [0.2, 0.25) is 0 Å². The van der Waals surface area contributed by atoms with Gasteiger partial charge < -0.3 is 10.6 Å². The van der Waals surface area contributed by atoms with Crippen molar-refractivity contribution >= 4 is 11.7 Å². The van der Waals surface area contributed by atoms with E-state index in [-0.39, 0.29) is 6.03 Å². The average molecular weight is 282 g/mol. The van der Waals surface area contributed by atoms with Gasteiger partial charge in [-0.25, -0.2) is 4.79 Å². The average Bonchev–Trinajstić information content (AvgIpc) is 2.48. The molecule has 0 aliphatic rings. The van der Waals surface area contributed by atoms with Crippen LogP contribution in [0.5, 0.6) is 0 Å². The van der Waals surface area contributed by atoms with Crippen molar-refractivity contribution in [2.45, 2.75) is 33.2 Å². The third-order valence-corrected chi connectivity index (χ3v) is 3.29. The van der Waals surface area contributed by atoms with E-state index >= 15 is 0 Å². The standard InChI is InChI=1S/C18H22N2O/c1-3-5-15-8-10-17(11-9-15)20-18(21)19-13-16-7-4-6-14(2)12-16/h4,6-12H,3,5,13H2,1-2H3,(H2,19,20,21). The Morgan fingerprint density at radius 3 is 2.48 bits per heavy atom. The van der Waals surface area contributed by atoms with Crippen molar-refractivity contribution < 1.29 is 4.79 Å². The molecule has 0 radical (unpaired) electrons. The number of urea groups is 1. The van der Waals surface area contributed by atoms with Crippen molar-refractivity contribution in [3.8, 4) is 0 Å². The Hall–Kier alpha value is -2.29. The van der Waals surface area contributed by atoms with E-state index in [0.29, 0.717) is 6.54 Å². The van der Waals surface area contributed by atoms with Crippen LogP contribution in [0, 0.1) is 6.92 Å². The molecular weight excluding hydrogens is 260 g/mol. The zero-order valence-corrected chi connectivity index (χ0v) is 12.6. The summed E-state index contributed by atoms with van der Waals surface area (Å²) in [5, 5.41) is 5.71. The number of amides is 2. The molecule has 3 heteroatoms. The van der Waals surface area contributed by atoms with E-state index in [4.69, 9.17) is 0 Å². The van der Waals surface area contributed by atoms with Gasteiger partial charge in [-0.2, -0.15) is 0 Å². The molecule has 2 rings (SSSR count). The first-order valence-corrected chi connectivity index (χ1v) is 7.36. The lowest BCUT2D eigenvalue weighted by Gasteiger charge is -2.09. The number of aryl methyl sites for hydroxylation is 2. The van der Waals surface area contributed by atoms with Gasteiger partial charge in [0.1, 0.15) is 0 Å². The highest BCUT2D eigenvalue weighted by Crippen LogP contribution is 2.11. The van der Waals surface area contributed by atoms with Crippen molar-refractivity contribution in [2.75, 3.05) is 5.32 Å². The summed E-state index contributed by atoms with van der Waals surface area (Å²) in [7, 11) is 0. The summed E-state index contributed by atoms with van der Waals surface area (Å²) in [6, 6.07) is 15.9. The topological polar surface area (TPSA) is 41.1 Å². The Kier molecular flexibility index (Phi) is 5.38. The summed E-state index contributed by atoms with van der Waals surface area (Å²) >= 11 is 0. The molecule has 0 heterocycles. The van der Waals surface area contributed by atoms with Crippen molar-refractivity contribution in [3.63, 3.8) is 0 Å². The van der Waals surface area contributed by atoms with Gasteiger partial charge in [0.15, 0.2) is 0 Å². The molecule has 0 spiro atoms. The fourth-order valence-corrected chi connectivity index (χ4v) is 2.22. The number of benzene rings is 2. The molecule has 0 aromatic heterocycles. The lowest BCUT2D eigenvalue weighted by molar-refractivity contribution is 0.251. The van der Waals surface area contributed by atoms with Crippen LogP contribution in [-0.4, -0.2) is 6.03 Å². The molecule has 0 aliphatic heterocycles. The zero-order chi connectivity index (χ0) is 15.1. The summed E-state index contributed by atoms with van der Waals surface area (Å²) in [4.78, 5) is 11.9. The molecule has 2 aromatic carbocycles. The molecule has 2 amide bonds. The lowest BCUT2D eigenvalue weighted by Crippen LogP contribution is -2.28. The molecule has 3 nitrogen and oxygen atoms in total. The van der Waals surface area contributed by atoms with Gasteiger partial charge in [-0.15, -0.1) is 0 Å². The van der Waals surface area contributed by atoms with Gasteiger partial charge in [0, 0.05) is 12.2 Å². The minimum Gasteiger partial charge on any atom is -0.334 e.